The summed E-state index contributed by atoms with van der Waals surface area (Å²) in [6.07, 6.45) is 9.24. The van der Waals surface area contributed by atoms with Gasteiger partial charge in [-0.05, 0) is 43.0 Å². The molecule has 1 heterocycles. The van der Waals surface area contributed by atoms with Crippen molar-refractivity contribution in [3.05, 3.63) is 60.9 Å². The molecule has 0 bridgehead atoms. The van der Waals surface area contributed by atoms with Crippen LogP contribution in [0.3, 0.4) is 0 Å². The number of rotatable bonds is 10. The van der Waals surface area contributed by atoms with Crippen LogP contribution in [0.2, 0.25) is 18.1 Å². The molecule has 2 atom stereocenters. The highest BCUT2D eigenvalue weighted by atomic mass is 32.2. The average Bonchev–Trinajstić information content (AvgIpc) is 3.04. The van der Waals surface area contributed by atoms with Crippen LogP contribution in [-0.2, 0) is 11.5 Å². The van der Waals surface area contributed by atoms with E-state index in [9.17, 15) is 0 Å². The van der Waals surface area contributed by atoms with E-state index in [0.717, 1.165) is 24.4 Å². The molecule has 0 spiro atoms. The Hall–Kier alpha value is -1.30. The molecule has 0 saturated carbocycles. The van der Waals surface area contributed by atoms with E-state index in [1.807, 2.05) is 25.5 Å². The van der Waals surface area contributed by atoms with Gasteiger partial charge in [0, 0.05) is 24.7 Å². The van der Waals surface area contributed by atoms with Gasteiger partial charge in [-0.25, -0.2) is 4.98 Å². The molecule has 2 rings (SSSR count). The molecule has 0 aliphatic rings. The lowest BCUT2D eigenvalue weighted by atomic mass is 10.0. The number of nitrogens with zero attached hydrogens (tertiary/aromatic N) is 2. The largest absolute Gasteiger partial charge is 0.410 e. The van der Waals surface area contributed by atoms with Gasteiger partial charge in [0.25, 0.3) is 0 Å². The molecule has 28 heavy (non-hydrogen) atoms. The third-order valence-corrected chi connectivity index (χ3v) is 11.5. The summed E-state index contributed by atoms with van der Waals surface area (Å²) < 4.78 is 8.88. The summed E-state index contributed by atoms with van der Waals surface area (Å²) in [6, 6.07) is 10.7. The van der Waals surface area contributed by atoms with Crippen molar-refractivity contribution in [2.24, 2.45) is 7.05 Å². The lowest BCUT2D eigenvalue weighted by Gasteiger charge is -2.39. The molecule has 5 heteroatoms. The number of imidazole rings is 1. The van der Waals surface area contributed by atoms with Crippen LogP contribution < -0.4 is 0 Å². The Morgan fingerprint density at radius 3 is 2.43 bits per heavy atom. The molecular weight excluding hydrogens is 380 g/mol. The van der Waals surface area contributed by atoms with E-state index in [4.69, 9.17) is 4.43 Å². The van der Waals surface area contributed by atoms with Gasteiger partial charge in [-0.3, -0.25) is 0 Å². The van der Waals surface area contributed by atoms with E-state index in [0.29, 0.717) is 5.25 Å². The third-order valence-electron chi connectivity index (χ3n) is 5.67. The van der Waals surface area contributed by atoms with E-state index >= 15 is 0 Å². The molecule has 154 valence electrons. The summed E-state index contributed by atoms with van der Waals surface area (Å²) in [4.78, 5) is 4.43. The minimum absolute atomic E-state index is 0.158. The molecule has 0 saturated heterocycles. The molecule has 1 aromatic heterocycles. The number of aromatic nitrogens is 2. The van der Waals surface area contributed by atoms with Gasteiger partial charge in [-0.15, -0.1) is 6.58 Å². The molecule has 2 aromatic rings. The van der Waals surface area contributed by atoms with Crippen molar-refractivity contribution in [1.29, 1.82) is 0 Å². The molecule has 3 nitrogen and oxygen atoms in total. The van der Waals surface area contributed by atoms with Crippen LogP contribution in [0.25, 0.3) is 0 Å². The van der Waals surface area contributed by atoms with Crippen LogP contribution in [-0.4, -0.2) is 23.1 Å². The van der Waals surface area contributed by atoms with Gasteiger partial charge < -0.3 is 8.99 Å². The smallest absolute Gasteiger partial charge is 0.192 e. The van der Waals surface area contributed by atoms with Crippen LogP contribution in [0.4, 0.5) is 0 Å². The Balaban J connectivity index is 2.02. The Kier molecular flexibility index (Phi) is 8.16. The lowest BCUT2D eigenvalue weighted by Crippen LogP contribution is -2.41. The summed E-state index contributed by atoms with van der Waals surface area (Å²) in [5.41, 5.74) is 1.29. The summed E-state index contributed by atoms with van der Waals surface area (Å²) in [7, 11) is 0.201. The fraction of sp³-hybridized carbons (Fsp3) is 0.522. The van der Waals surface area contributed by atoms with Crippen molar-refractivity contribution in [2.75, 3.05) is 0 Å². The van der Waals surface area contributed by atoms with Gasteiger partial charge in [0.15, 0.2) is 13.5 Å². The Labute approximate surface area is 176 Å². The van der Waals surface area contributed by atoms with Crippen molar-refractivity contribution in [2.45, 2.75) is 74.7 Å². The second-order valence-electron chi connectivity index (χ2n) is 8.92. The van der Waals surface area contributed by atoms with Gasteiger partial charge in [0.05, 0.1) is 6.10 Å². The van der Waals surface area contributed by atoms with Crippen LogP contribution >= 0.6 is 11.8 Å². The van der Waals surface area contributed by atoms with Crippen LogP contribution in [0, 0.1) is 0 Å². The predicted octanol–water partition coefficient (Wildman–Crippen LogP) is 7.00. The second-order valence-corrected chi connectivity index (χ2v) is 14.9. The van der Waals surface area contributed by atoms with Gasteiger partial charge in [-0.2, -0.15) is 0 Å². The molecule has 0 N–H and O–H groups in total. The summed E-state index contributed by atoms with van der Waals surface area (Å²) in [6.45, 7) is 15.6. The first-order valence-electron chi connectivity index (χ1n) is 10.1. The van der Waals surface area contributed by atoms with Gasteiger partial charge >= 0.3 is 0 Å². The van der Waals surface area contributed by atoms with Crippen LogP contribution in [0.1, 0.15) is 51.7 Å². The zero-order chi connectivity index (χ0) is 20.8. The fourth-order valence-electron chi connectivity index (χ4n) is 2.82. The highest BCUT2D eigenvalue weighted by molar-refractivity contribution is 7.99. The Bertz CT molecular complexity index is 737. The maximum atomic E-state index is 6.82. The van der Waals surface area contributed by atoms with Gasteiger partial charge in [-0.1, -0.05) is 68.9 Å². The van der Waals surface area contributed by atoms with E-state index in [2.05, 4.69) is 80.3 Å². The molecular formula is C23H36N2OSSi. The van der Waals surface area contributed by atoms with E-state index in [-0.39, 0.29) is 11.1 Å². The highest BCUT2D eigenvalue weighted by Crippen LogP contribution is 2.41. The van der Waals surface area contributed by atoms with Crippen molar-refractivity contribution >= 4 is 20.1 Å². The van der Waals surface area contributed by atoms with Crippen molar-refractivity contribution in [3.63, 3.8) is 0 Å². The number of thioether (sulfide) groups is 1. The highest BCUT2D eigenvalue weighted by Gasteiger charge is 2.39. The molecule has 0 aliphatic carbocycles. The maximum Gasteiger partial charge on any atom is 0.192 e. The first kappa shape index (κ1) is 23.0. The summed E-state index contributed by atoms with van der Waals surface area (Å²) in [5, 5.41) is 1.62. The monoisotopic (exact) mass is 416 g/mol. The van der Waals surface area contributed by atoms with Gasteiger partial charge in [0.2, 0.25) is 0 Å². The SMILES string of the molecule is C=CC(CCCC(O[Si](C)(C)C(C)(C)C)c1ccccc1)Sc1nccn1C. The minimum Gasteiger partial charge on any atom is -0.410 e. The Morgan fingerprint density at radius 1 is 1.21 bits per heavy atom. The van der Waals surface area contributed by atoms with Crippen LogP contribution in [0.5, 0.6) is 0 Å². The van der Waals surface area contributed by atoms with Crippen molar-refractivity contribution < 1.29 is 4.43 Å². The first-order valence-corrected chi connectivity index (χ1v) is 13.9. The fourth-order valence-corrected chi connectivity index (χ4v) is 5.14. The van der Waals surface area contributed by atoms with Crippen LogP contribution in [0.15, 0.2) is 60.5 Å². The lowest BCUT2D eigenvalue weighted by molar-refractivity contribution is 0.170. The van der Waals surface area contributed by atoms with E-state index in [1.54, 1.807) is 11.8 Å². The van der Waals surface area contributed by atoms with E-state index < -0.39 is 8.32 Å². The maximum absolute atomic E-state index is 6.82. The standard InChI is InChI=1S/C23H36N2OSSi/c1-8-20(27-22-24-17-18-25(22)5)15-12-16-21(19-13-10-9-11-14-19)26-28(6,7)23(2,3)4/h8-11,13-14,17-18,20-21H,1,12,15-16H2,2-7H3. The average molecular weight is 417 g/mol. The predicted molar refractivity (Wildman–Crippen MR) is 124 cm³/mol. The zero-order valence-corrected chi connectivity index (χ0v) is 20.1. The van der Waals surface area contributed by atoms with E-state index in [1.165, 1.54) is 5.56 Å². The Morgan fingerprint density at radius 2 is 1.89 bits per heavy atom. The second kappa shape index (κ2) is 9.95. The number of benzene rings is 1. The molecule has 2 unspecified atom stereocenters. The van der Waals surface area contributed by atoms with Crippen molar-refractivity contribution in [1.82, 2.24) is 9.55 Å². The molecule has 0 radical (unpaired) electrons. The third kappa shape index (κ3) is 6.36. The number of aryl methyl sites for hydroxylation is 1. The van der Waals surface area contributed by atoms with Crippen molar-refractivity contribution in [3.8, 4) is 0 Å². The van der Waals surface area contributed by atoms with Gasteiger partial charge in [0.1, 0.15) is 0 Å². The molecule has 1 aromatic carbocycles. The minimum atomic E-state index is -1.83. The zero-order valence-electron chi connectivity index (χ0n) is 18.3. The first-order chi connectivity index (χ1) is 13.1. The topological polar surface area (TPSA) is 27.1 Å². The number of hydrogen-bond donors (Lipinski definition) is 0. The summed E-state index contributed by atoms with van der Waals surface area (Å²) in [5.74, 6) is 0. The summed E-state index contributed by atoms with van der Waals surface area (Å²) >= 11 is 1.79. The molecule has 0 aliphatic heterocycles. The quantitative estimate of drug-likeness (QED) is 0.237. The molecule has 0 fully saturated rings. The number of hydrogen-bond acceptors (Lipinski definition) is 3. The molecule has 0 amide bonds. The normalized spacial score (nSPS) is 14.6.